The van der Waals surface area contributed by atoms with Crippen molar-refractivity contribution in [3.63, 3.8) is 0 Å². The maximum Gasteiger partial charge on any atom is 0.0613 e. The minimum atomic E-state index is 0.440. The maximum absolute atomic E-state index is 5.91. The first kappa shape index (κ1) is 14.3. The summed E-state index contributed by atoms with van der Waals surface area (Å²) in [6.45, 7) is 8.90. The van der Waals surface area contributed by atoms with Crippen LogP contribution in [0.1, 0.15) is 32.6 Å². The Bertz CT molecular complexity index is 229. The number of piperidine rings is 1. The molecule has 0 bridgehead atoms. The van der Waals surface area contributed by atoms with Gasteiger partial charge in [-0.05, 0) is 44.7 Å². The van der Waals surface area contributed by atoms with Crippen molar-refractivity contribution in [3.05, 3.63) is 0 Å². The Labute approximate surface area is 111 Å². The van der Waals surface area contributed by atoms with Crippen LogP contribution in [0, 0.1) is 5.92 Å². The maximum atomic E-state index is 5.91. The third kappa shape index (κ3) is 4.19. The lowest BCUT2D eigenvalue weighted by Gasteiger charge is -2.30. The van der Waals surface area contributed by atoms with E-state index in [1.165, 1.54) is 19.5 Å². The Hall–Kier alpha value is -0.160. The molecule has 2 heterocycles. The Morgan fingerprint density at radius 1 is 1.28 bits per heavy atom. The van der Waals surface area contributed by atoms with Gasteiger partial charge in [-0.3, -0.25) is 0 Å². The first-order valence-electron chi connectivity index (χ1n) is 7.60. The Kier molecular flexibility index (Phi) is 5.89. The first-order valence-corrected chi connectivity index (χ1v) is 7.60. The Morgan fingerprint density at radius 3 is 2.78 bits per heavy atom. The molecule has 2 aliphatic heterocycles. The monoisotopic (exact) mass is 255 g/mol. The lowest BCUT2D eigenvalue weighted by molar-refractivity contribution is 0.0870. The van der Waals surface area contributed by atoms with Gasteiger partial charge in [-0.15, -0.1) is 0 Å². The highest BCUT2D eigenvalue weighted by atomic mass is 16.5. The van der Waals surface area contributed by atoms with Crippen LogP contribution in [0.25, 0.3) is 0 Å². The molecule has 4 nitrogen and oxygen atoms in total. The second-order valence-electron chi connectivity index (χ2n) is 5.75. The van der Waals surface area contributed by atoms with Crippen molar-refractivity contribution < 1.29 is 4.74 Å². The quantitative estimate of drug-likeness (QED) is 0.690. The summed E-state index contributed by atoms with van der Waals surface area (Å²) in [7, 11) is 0. The molecule has 0 radical (unpaired) electrons. The van der Waals surface area contributed by atoms with Crippen LogP contribution in [0.5, 0.6) is 0 Å². The second kappa shape index (κ2) is 7.43. The molecule has 4 heteroatoms. The molecule has 3 N–H and O–H groups in total. The van der Waals surface area contributed by atoms with E-state index >= 15 is 0 Å². The fourth-order valence-electron chi connectivity index (χ4n) is 3.08. The standard InChI is InChI=1S/C14H29N3O/c1-2-14-12(5-10-18-14)11-16-6-9-17-7-3-13(15)4-8-17/h12-14,16H,2-11,15H2,1H3. The number of hydrogen-bond donors (Lipinski definition) is 2. The molecule has 0 aromatic heterocycles. The molecular weight excluding hydrogens is 226 g/mol. The molecule has 2 rings (SSSR count). The number of rotatable bonds is 6. The molecule has 2 atom stereocenters. The van der Waals surface area contributed by atoms with Crippen LogP contribution in [0.3, 0.4) is 0 Å². The molecule has 0 saturated carbocycles. The van der Waals surface area contributed by atoms with Gasteiger partial charge in [0.1, 0.15) is 0 Å². The zero-order chi connectivity index (χ0) is 12.8. The minimum absolute atomic E-state index is 0.440. The number of hydrogen-bond acceptors (Lipinski definition) is 4. The van der Waals surface area contributed by atoms with Gasteiger partial charge in [0.25, 0.3) is 0 Å². The largest absolute Gasteiger partial charge is 0.378 e. The molecule has 2 unspecified atom stereocenters. The van der Waals surface area contributed by atoms with Crippen molar-refractivity contribution in [2.24, 2.45) is 11.7 Å². The van der Waals surface area contributed by atoms with Crippen LogP contribution in [-0.4, -0.2) is 56.4 Å². The highest BCUT2D eigenvalue weighted by molar-refractivity contribution is 4.78. The molecule has 0 aliphatic carbocycles. The van der Waals surface area contributed by atoms with Gasteiger partial charge >= 0.3 is 0 Å². The highest BCUT2D eigenvalue weighted by Gasteiger charge is 2.26. The number of nitrogens with one attached hydrogen (secondary N) is 1. The van der Waals surface area contributed by atoms with Crippen LogP contribution >= 0.6 is 0 Å². The molecule has 0 spiro atoms. The summed E-state index contributed by atoms with van der Waals surface area (Å²) in [5, 5.41) is 3.60. The van der Waals surface area contributed by atoms with Gasteiger partial charge < -0.3 is 20.7 Å². The van der Waals surface area contributed by atoms with Crippen molar-refractivity contribution in [2.75, 3.05) is 39.3 Å². The number of ether oxygens (including phenoxy) is 1. The van der Waals surface area contributed by atoms with Gasteiger partial charge in [0.2, 0.25) is 0 Å². The molecule has 2 aliphatic rings. The predicted octanol–water partition coefficient (Wildman–Crippen LogP) is 0.814. The normalized spacial score (nSPS) is 31.0. The van der Waals surface area contributed by atoms with Crippen molar-refractivity contribution in [1.82, 2.24) is 10.2 Å². The predicted molar refractivity (Wildman–Crippen MR) is 74.7 cm³/mol. The van der Waals surface area contributed by atoms with E-state index in [9.17, 15) is 0 Å². The topological polar surface area (TPSA) is 50.5 Å². The van der Waals surface area contributed by atoms with Crippen molar-refractivity contribution in [3.8, 4) is 0 Å². The number of nitrogens with zero attached hydrogens (tertiary/aromatic N) is 1. The van der Waals surface area contributed by atoms with E-state index in [1.807, 2.05) is 0 Å². The summed E-state index contributed by atoms with van der Waals surface area (Å²) in [5.41, 5.74) is 5.91. The fourth-order valence-corrected chi connectivity index (χ4v) is 3.08. The van der Waals surface area contributed by atoms with Gasteiger partial charge in [-0.1, -0.05) is 6.92 Å². The molecule has 0 amide bonds. The van der Waals surface area contributed by atoms with Gasteiger partial charge in [0.05, 0.1) is 6.10 Å². The average Bonchev–Trinajstić information content (AvgIpc) is 2.84. The SMILES string of the molecule is CCC1OCCC1CNCCN1CCC(N)CC1. The summed E-state index contributed by atoms with van der Waals surface area (Å²) < 4.78 is 5.71. The summed E-state index contributed by atoms with van der Waals surface area (Å²) in [4.78, 5) is 2.53. The van der Waals surface area contributed by atoms with Crippen LogP contribution < -0.4 is 11.1 Å². The highest BCUT2D eigenvalue weighted by Crippen LogP contribution is 2.22. The van der Waals surface area contributed by atoms with Gasteiger partial charge in [0, 0.05) is 32.3 Å². The van der Waals surface area contributed by atoms with E-state index in [2.05, 4.69) is 17.1 Å². The summed E-state index contributed by atoms with van der Waals surface area (Å²) >= 11 is 0. The second-order valence-corrected chi connectivity index (χ2v) is 5.75. The van der Waals surface area contributed by atoms with E-state index in [4.69, 9.17) is 10.5 Å². The average molecular weight is 255 g/mol. The zero-order valence-corrected chi connectivity index (χ0v) is 11.7. The van der Waals surface area contributed by atoms with E-state index in [0.717, 1.165) is 51.4 Å². The smallest absolute Gasteiger partial charge is 0.0613 e. The number of nitrogens with two attached hydrogens (primary N) is 1. The van der Waals surface area contributed by atoms with Crippen molar-refractivity contribution in [1.29, 1.82) is 0 Å². The summed E-state index contributed by atoms with van der Waals surface area (Å²) in [6, 6.07) is 0.440. The van der Waals surface area contributed by atoms with Crippen LogP contribution in [0.2, 0.25) is 0 Å². The summed E-state index contributed by atoms with van der Waals surface area (Å²) in [6.07, 6.45) is 5.19. The van der Waals surface area contributed by atoms with Gasteiger partial charge in [-0.2, -0.15) is 0 Å². The van der Waals surface area contributed by atoms with Crippen molar-refractivity contribution in [2.45, 2.75) is 44.8 Å². The van der Waals surface area contributed by atoms with Gasteiger partial charge in [-0.25, -0.2) is 0 Å². The minimum Gasteiger partial charge on any atom is -0.378 e. The summed E-state index contributed by atoms with van der Waals surface area (Å²) in [5.74, 6) is 0.727. The van der Waals surface area contributed by atoms with E-state index < -0.39 is 0 Å². The van der Waals surface area contributed by atoms with E-state index in [0.29, 0.717) is 12.1 Å². The van der Waals surface area contributed by atoms with E-state index in [1.54, 1.807) is 0 Å². The molecule has 106 valence electrons. The third-order valence-corrected chi connectivity index (χ3v) is 4.39. The molecule has 0 aromatic carbocycles. The third-order valence-electron chi connectivity index (χ3n) is 4.39. The van der Waals surface area contributed by atoms with Crippen LogP contribution in [-0.2, 0) is 4.74 Å². The first-order chi connectivity index (χ1) is 8.79. The molecule has 2 saturated heterocycles. The Balaban J connectivity index is 1.53. The fraction of sp³-hybridized carbons (Fsp3) is 1.00. The number of likely N-dealkylation sites (tertiary alicyclic amines) is 1. The van der Waals surface area contributed by atoms with Crippen LogP contribution in [0.4, 0.5) is 0 Å². The molecule has 0 aromatic rings. The Morgan fingerprint density at radius 2 is 2.06 bits per heavy atom. The van der Waals surface area contributed by atoms with E-state index in [-0.39, 0.29) is 0 Å². The lowest BCUT2D eigenvalue weighted by Crippen LogP contribution is -2.43. The molecular formula is C14H29N3O. The lowest BCUT2D eigenvalue weighted by atomic mass is 10.00. The molecule has 2 fully saturated rings. The zero-order valence-electron chi connectivity index (χ0n) is 11.7. The van der Waals surface area contributed by atoms with Gasteiger partial charge in [0.15, 0.2) is 0 Å². The molecule has 18 heavy (non-hydrogen) atoms. The van der Waals surface area contributed by atoms with Crippen LogP contribution in [0.15, 0.2) is 0 Å². The van der Waals surface area contributed by atoms with Crippen molar-refractivity contribution >= 4 is 0 Å².